The van der Waals surface area contributed by atoms with Gasteiger partial charge in [0.05, 0.1) is 4.92 Å². The van der Waals surface area contributed by atoms with E-state index < -0.39 is 33.9 Å². The maximum absolute atomic E-state index is 13.0. The number of non-ortho nitro benzene ring substituents is 1. The van der Waals surface area contributed by atoms with Crippen LogP contribution in [0, 0.1) is 10.1 Å². The molecule has 8 nitrogen and oxygen atoms in total. The molecule has 0 fully saturated rings. The molecule has 0 aliphatic carbocycles. The summed E-state index contributed by atoms with van der Waals surface area (Å²) in [6.07, 6.45) is -5.42. The Balaban J connectivity index is 3.57. The molecule has 0 heterocycles. The van der Waals surface area contributed by atoms with E-state index in [0.29, 0.717) is 24.3 Å². The number of nitro groups is 1. The van der Waals surface area contributed by atoms with Gasteiger partial charge in [-0.15, -0.1) is 0 Å². The van der Waals surface area contributed by atoms with Gasteiger partial charge in [0.25, 0.3) is 11.2 Å². The van der Waals surface area contributed by atoms with E-state index in [0.717, 1.165) is 0 Å². The number of hydrogen-bond acceptors (Lipinski definition) is 4. The van der Waals surface area contributed by atoms with Crippen molar-refractivity contribution in [1.29, 1.82) is 0 Å². The van der Waals surface area contributed by atoms with Crippen molar-refractivity contribution in [2.24, 2.45) is 5.11 Å². The van der Waals surface area contributed by atoms with Gasteiger partial charge in [-0.25, -0.2) is 0 Å². The highest BCUT2D eigenvalue weighted by Crippen LogP contribution is 2.43. The Morgan fingerprint density at radius 2 is 1.85 bits per heavy atom. The highest BCUT2D eigenvalue weighted by Gasteiger charge is 2.62. The second-order valence-electron chi connectivity index (χ2n) is 3.51. The lowest BCUT2D eigenvalue weighted by molar-refractivity contribution is -0.384. The number of nitrogens with zero attached hydrogens (tertiary/aromatic N) is 4. The molecule has 0 radical (unpaired) electrons. The predicted molar refractivity (Wildman–Crippen MR) is 57.6 cm³/mol. The zero-order valence-electron chi connectivity index (χ0n) is 9.40. The van der Waals surface area contributed by atoms with Crippen LogP contribution in [0.25, 0.3) is 10.4 Å². The number of hydrogen-bond donors (Lipinski definition) is 1. The summed E-state index contributed by atoms with van der Waals surface area (Å²) in [5, 5.41) is 21.6. The highest BCUT2D eigenvalue weighted by molar-refractivity contribution is 5.82. The summed E-state index contributed by atoms with van der Waals surface area (Å²) in [4.78, 5) is 22.4. The van der Waals surface area contributed by atoms with Crippen LogP contribution in [-0.2, 0) is 10.3 Å². The average molecular weight is 290 g/mol. The van der Waals surface area contributed by atoms with Crippen molar-refractivity contribution in [2.45, 2.75) is 11.7 Å². The Kier molecular flexibility index (Phi) is 3.85. The Hall–Kier alpha value is -2.81. The van der Waals surface area contributed by atoms with E-state index in [2.05, 4.69) is 5.11 Å². The summed E-state index contributed by atoms with van der Waals surface area (Å²) in [6.45, 7) is 0. The van der Waals surface area contributed by atoms with Crippen molar-refractivity contribution in [1.82, 2.24) is 0 Å². The minimum Gasteiger partial charge on any atom is -0.480 e. The molecule has 0 spiro atoms. The van der Waals surface area contributed by atoms with E-state index in [9.17, 15) is 28.1 Å². The number of azide groups is 1. The smallest absolute Gasteiger partial charge is 0.414 e. The van der Waals surface area contributed by atoms with Gasteiger partial charge in [-0.3, -0.25) is 14.9 Å². The molecule has 0 saturated heterocycles. The fourth-order valence-electron chi connectivity index (χ4n) is 1.46. The van der Waals surface area contributed by atoms with Crippen molar-refractivity contribution in [2.75, 3.05) is 0 Å². The molecule has 1 atom stereocenters. The fraction of sp³-hybridized carbons (Fsp3) is 0.222. The quantitative estimate of drug-likeness (QED) is 0.300. The lowest BCUT2D eigenvalue weighted by Gasteiger charge is -2.27. The van der Waals surface area contributed by atoms with Gasteiger partial charge >= 0.3 is 12.1 Å². The minimum atomic E-state index is -5.42. The average Bonchev–Trinajstić information content (AvgIpc) is 2.34. The van der Waals surface area contributed by atoms with Gasteiger partial charge in [0.2, 0.25) is 0 Å². The third-order valence-corrected chi connectivity index (χ3v) is 2.41. The number of carboxylic acids is 1. The number of halogens is 3. The van der Waals surface area contributed by atoms with Gasteiger partial charge in [-0.1, -0.05) is 17.2 Å². The number of aliphatic carboxylic acids is 1. The molecule has 0 aromatic heterocycles. The minimum absolute atomic E-state index is 0.531. The van der Waals surface area contributed by atoms with Crippen LogP contribution in [0.3, 0.4) is 0 Å². The Bertz CT molecular complexity index is 590. The molecule has 106 valence electrons. The lowest BCUT2D eigenvalue weighted by atomic mass is 9.90. The van der Waals surface area contributed by atoms with Gasteiger partial charge in [-0.05, 0) is 11.1 Å². The molecule has 1 rings (SSSR count). The van der Waals surface area contributed by atoms with Crippen LogP contribution in [0.4, 0.5) is 18.9 Å². The van der Waals surface area contributed by atoms with E-state index >= 15 is 0 Å². The largest absolute Gasteiger partial charge is 0.480 e. The van der Waals surface area contributed by atoms with Crippen molar-refractivity contribution < 1.29 is 28.0 Å². The van der Waals surface area contributed by atoms with Gasteiger partial charge in [0, 0.05) is 17.0 Å². The third-order valence-electron chi connectivity index (χ3n) is 2.41. The summed E-state index contributed by atoms with van der Waals surface area (Å²) < 4.78 is 38.9. The molecule has 20 heavy (non-hydrogen) atoms. The molecule has 11 heteroatoms. The van der Waals surface area contributed by atoms with E-state index in [1.807, 2.05) is 4.91 Å². The van der Waals surface area contributed by atoms with Crippen LogP contribution >= 0.6 is 0 Å². The lowest BCUT2D eigenvalue weighted by Crippen LogP contribution is -2.47. The first-order valence-corrected chi connectivity index (χ1v) is 4.78. The topological polar surface area (TPSA) is 129 Å². The van der Waals surface area contributed by atoms with Gasteiger partial charge < -0.3 is 5.11 Å². The number of alkyl halides is 3. The summed E-state index contributed by atoms with van der Waals surface area (Å²) in [7, 11) is 0. The molecule has 1 unspecified atom stereocenters. The summed E-state index contributed by atoms with van der Waals surface area (Å²) in [5.74, 6) is -2.43. The second-order valence-corrected chi connectivity index (χ2v) is 3.51. The van der Waals surface area contributed by atoms with E-state index in [4.69, 9.17) is 10.6 Å². The van der Waals surface area contributed by atoms with Crippen LogP contribution in [0.1, 0.15) is 5.56 Å². The molecule has 1 aromatic rings. The summed E-state index contributed by atoms with van der Waals surface area (Å²) in [6, 6.07) is 2.53. The highest BCUT2D eigenvalue weighted by atomic mass is 19.4. The fourth-order valence-corrected chi connectivity index (χ4v) is 1.46. The third kappa shape index (κ3) is 2.34. The molecule has 1 N–H and O–H groups in total. The number of benzene rings is 1. The van der Waals surface area contributed by atoms with Crippen LogP contribution < -0.4 is 0 Å². The Labute approximate surface area is 108 Å². The Morgan fingerprint density at radius 1 is 1.35 bits per heavy atom. The summed E-state index contributed by atoms with van der Waals surface area (Å²) >= 11 is 0. The maximum atomic E-state index is 13.0. The zero-order valence-corrected chi connectivity index (χ0v) is 9.40. The molecule has 0 amide bonds. The SMILES string of the molecule is [N-]=[N+]=NC(C(=O)O)(c1ccc([N+](=O)[O-])cc1)C(F)(F)F. The Morgan fingerprint density at radius 3 is 2.15 bits per heavy atom. The molecular formula is C9H5F3N4O4. The number of carboxylic acid groups (broad SMARTS) is 1. The number of carbonyl (C=O) groups is 1. The first-order chi connectivity index (χ1) is 9.16. The molecule has 0 saturated carbocycles. The second kappa shape index (κ2) is 5.05. The van der Waals surface area contributed by atoms with Crippen molar-refractivity contribution in [3.63, 3.8) is 0 Å². The van der Waals surface area contributed by atoms with Crippen LogP contribution in [0.15, 0.2) is 29.4 Å². The van der Waals surface area contributed by atoms with Crippen LogP contribution in [-0.4, -0.2) is 22.2 Å². The van der Waals surface area contributed by atoms with Crippen molar-refractivity contribution in [3.05, 3.63) is 50.4 Å². The normalized spacial score (nSPS) is 13.9. The molecular weight excluding hydrogens is 285 g/mol. The molecule has 0 aliphatic heterocycles. The van der Waals surface area contributed by atoms with Gasteiger partial charge in [-0.2, -0.15) is 13.2 Å². The monoisotopic (exact) mass is 290 g/mol. The van der Waals surface area contributed by atoms with Crippen LogP contribution in [0.5, 0.6) is 0 Å². The first-order valence-electron chi connectivity index (χ1n) is 4.78. The zero-order chi connectivity index (χ0) is 15.6. The van der Waals surface area contributed by atoms with Crippen molar-refractivity contribution in [3.8, 4) is 0 Å². The van der Waals surface area contributed by atoms with Gasteiger partial charge in [0.15, 0.2) is 0 Å². The number of nitro benzene ring substituents is 1. The maximum Gasteiger partial charge on any atom is 0.414 e. The molecule has 1 aromatic carbocycles. The number of rotatable bonds is 4. The predicted octanol–water partition coefficient (Wildman–Crippen LogP) is 2.75. The first kappa shape index (κ1) is 15.2. The van der Waals surface area contributed by atoms with Crippen molar-refractivity contribution >= 4 is 11.7 Å². The molecule has 0 aliphatic rings. The van der Waals surface area contributed by atoms with Crippen LogP contribution in [0.2, 0.25) is 0 Å². The van der Waals surface area contributed by atoms with E-state index in [1.54, 1.807) is 0 Å². The molecule has 0 bridgehead atoms. The van der Waals surface area contributed by atoms with Gasteiger partial charge in [0.1, 0.15) is 0 Å². The standard InChI is InChI=1S/C9H5F3N4O4/c10-9(11,12)8(7(17)18,14-15-13)5-1-3-6(4-2-5)16(19)20/h1-4H,(H,17,18). The summed E-state index contributed by atoms with van der Waals surface area (Å²) in [5.41, 5.74) is 2.91. The van der Waals surface area contributed by atoms with E-state index in [-0.39, 0.29) is 0 Å². The van der Waals surface area contributed by atoms with E-state index in [1.165, 1.54) is 0 Å².